The number of carboxylic acids is 1. The SMILES string of the molecule is CC(=O)N[C@@H]1[C@H]([C@H](NC(C)=O)[C@H](C)O[C@H]2O[C@H](CO)C(O)[C@H](O)[C@@H]2NC(C)=O)O[C@](O[C@@H]2[C@H](O)[C@H](C)OC(O)[C@H]2NC(C)=O)(C(=O)O)C[C@@H]1O. The second-order valence-electron chi connectivity index (χ2n) is 12.7. The topological polar surface area (TPSA) is 321 Å². The number of aliphatic hydroxyl groups excluding tert-OH is 6. The maximum absolute atomic E-state index is 13.0. The zero-order valence-corrected chi connectivity index (χ0v) is 28.3. The molecule has 21 nitrogen and oxygen atoms in total. The van der Waals surface area contributed by atoms with E-state index in [1.165, 1.54) is 13.8 Å². The molecule has 0 radical (unpaired) electrons. The molecule has 50 heavy (non-hydrogen) atoms. The Morgan fingerprint density at radius 3 is 1.90 bits per heavy atom. The lowest BCUT2D eigenvalue weighted by molar-refractivity contribution is -0.347. The molecule has 0 spiro atoms. The highest BCUT2D eigenvalue weighted by Gasteiger charge is 2.59. The van der Waals surface area contributed by atoms with Crippen molar-refractivity contribution in [1.82, 2.24) is 21.3 Å². The van der Waals surface area contributed by atoms with E-state index in [1.54, 1.807) is 0 Å². The van der Waals surface area contributed by atoms with E-state index < -0.39 is 140 Å². The minimum atomic E-state index is -2.88. The fraction of sp³-hybridized carbons (Fsp3) is 0.828. The van der Waals surface area contributed by atoms with Crippen LogP contribution < -0.4 is 21.3 Å². The van der Waals surface area contributed by atoms with Crippen molar-refractivity contribution in [2.45, 2.75) is 145 Å². The minimum absolute atomic E-state index is 0.660. The summed E-state index contributed by atoms with van der Waals surface area (Å²) in [6.07, 6.45) is -18.4. The Kier molecular flexibility index (Phi) is 14.0. The smallest absolute Gasteiger partial charge is 0.364 e. The fourth-order valence-electron chi connectivity index (χ4n) is 6.30. The van der Waals surface area contributed by atoms with Gasteiger partial charge in [-0.1, -0.05) is 0 Å². The van der Waals surface area contributed by atoms with Crippen molar-refractivity contribution in [1.29, 1.82) is 0 Å². The van der Waals surface area contributed by atoms with Gasteiger partial charge in [0.05, 0.1) is 37.0 Å². The normalized spacial score (nSPS) is 40.1. The molecule has 3 aliphatic heterocycles. The van der Waals surface area contributed by atoms with Crippen LogP contribution in [-0.2, 0) is 47.7 Å². The highest BCUT2D eigenvalue weighted by Crippen LogP contribution is 2.38. The quantitative estimate of drug-likeness (QED) is 0.0893. The molecule has 3 aliphatic rings. The van der Waals surface area contributed by atoms with Gasteiger partial charge in [-0.3, -0.25) is 19.2 Å². The molecule has 0 aromatic rings. The van der Waals surface area contributed by atoms with Crippen LogP contribution in [0, 0.1) is 0 Å². The van der Waals surface area contributed by atoms with E-state index in [4.69, 9.17) is 23.7 Å². The van der Waals surface area contributed by atoms with Gasteiger partial charge in [-0.05, 0) is 13.8 Å². The van der Waals surface area contributed by atoms with Crippen LogP contribution in [0.2, 0.25) is 0 Å². The van der Waals surface area contributed by atoms with E-state index in [-0.39, 0.29) is 0 Å². The van der Waals surface area contributed by atoms with Gasteiger partial charge in [0, 0.05) is 34.1 Å². The minimum Gasteiger partial charge on any atom is -0.477 e. The van der Waals surface area contributed by atoms with E-state index >= 15 is 0 Å². The molecular formula is C29H48N4O17. The lowest BCUT2D eigenvalue weighted by Crippen LogP contribution is -2.73. The van der Waals surface area contributed by atoms with Gasteiger partial charge < -0.3 is 80.7 Å². The number of aliphatic hydroxyl groups is 6. The van der Waals surface area contributed by atoms with Crippen LogP contribution in [0.4, 0.5) is 0 Å². The third-order valence-corrected chi connectivity index (χ3v) is 8.63. The van der Waals surface area contributed by atoms with Crippen LogP contribution in [0.15, 0.2) is 0 Å². The summed E-state index contributed by atoms with van der Waals surface area (Å²) in [5.41, 5.74) is 0. The third-order valence-electron chi connectivity index (χ3n) is 8.63. The summed E-state index contributed by atoms with van der Waals surface area (Å²) in [5, 5.41) is 84.0. The lowest BCUT2D eigenvalue weighted by Gasteiger charge is -2.51. The number of hydrogen-bond acceptors (Lipinski definition) is 16. The number of carbonyl (C=O) groups excluding carboxylic acids is 4. The highest BCUT2D eigenvalue weighted by atomic mass is 16.7. The van der Waals surface area contributed by atoms with Gasteiger partial charge in [0.1, 0.15) is 48.7 Å². The first-order chi connectivity index (χ1) is 23.2. The average Bonchev–Trinajstić information content (AvgIpc) is 3.00. The van der Waals surface area contributed by atoms with Crippen LogP contribution in [0.25, 0.3) is 0 Å². The average molecular weight is 725 g/mol. The summed E-state index contributed by atoms with van der Waals surface area (Å²) in [7, 11) is 0. The first kappa shape index (κ1) is 41.3. The number of carboxylic acid groups (broad SMARTS) is 1. The van der Waals surface area contributed by atoms with Gasteiger partial charge >= 0.3 is 5.97 Å². The Hall–Kier alpha value is -3.09. The van der Waals surface area contributed by atoms with E-state index in [2.05, 4.69) is 21.3 Å². The van der Waals surface area contributed by atoms with Gasteiger partial charge in [-0.2, -0.15) is 0 Å². The molecule has 3 saturated heterocycles. The van der Waals surface area contributed by atoms with E-state index in [1.807, 2.05) is 0 Å². The molecule has 3 fully saturated rings. The van der Waals surface area contributed by atoms with Crippen LogP contribution >= 0.6 is 0 Å². The molecule has 21 heteroatoms. The molecular weight excluding hydrogens is 676 g/mol. The number of carbonyl (C=O) groups is 5. The van der Waals surface area contributed by atoms with Crippen molar-refractivity contribution >= 4 is 29.6 Å². The maximum atomic E-state index is 13.0. The number of amides is 4. The fourth-order valence-corrected chi connectivity index (χ4v) is 6.30. The van der Waals surface area contributed by atoms with Gasteiger partial charge in [0.25, 0.3) is 5.79 Å². The molecule has 0 bridgehead atoms. The van der Waals surface area contributed by atoms with Crippen molar-refractivity contribution in [2.24, 2.45) is 0 Å². The van der Waals surface area contributed by atoms with E-state index in [0.29, 0.717) is 0 Å². The van der Waals surface area contributed by atoms with Crippen molar-refractivity contribution in [3.63, 3.8) is 0 Å². The Balaban J connectivity index is 2.08. The van der Waals surface area contributed by atoms with Crippen LogP contribution in [0.5, 0.6) is 0 Å². The van der Waals surface area contributed by atoms with Gasteiger partial charge in [0.15, 0.2) is 12.6 Å². The summed E-state index contributed by atoms with van der Waals surface area (Å²) < 4.78 is 28.8. The van der Waals surface area contributed by atoms with Crippen LogP contribution in [0.3, 0.4) is 0 Å². The van der Waals surface area contributed by atoms with Crippen LogP contribution in [0.1, 0.15) is 48.0 Å². The summed E-state index contributed by atoms with van der Waals surface area (Å²) in [4.78, 5) is 61.8. The van der Waals surface area contributed by atoms with Crippen molar-refractivity contribution in [3.05, 3.63) is 0 Å². The molecule has 2 unspecified atom stereocenters. The molecule has 11 N–H and O–H groups in total. The summed E-state index contributed by atoms with van der Waals surface area (Å²) in [6.45, 7) is 6.30. The Bertz CT molecular complexity index is 1240. The lowest BCUT2D eigenvalue weighted by atomic mass is 9.86. The van der Waals surface area contributed by atoms with Crippen molar-refractivity contribution in [3.8, 4) is 0 Å². The summed E-state index contributed by atoms with van der Waals surface area (Å²) in [5.74, 6) is -7.51. The zero-order valence-electron chi connectivity index (χ0n) is 28.3. The molecule has 0 aliphatic carbocycles. The Morgan fingerprint density at radius 1 is 0.820 bits per heavy atom. The van der Waals surface area contributed by atoms with Gasteiger partial charge in [0.2, 0.25) is 23.6 Å². The van der Waals surface area contributed by atoms with Gasteiger partial charge in [-0.15, -0.1) is 0 Å². The maximum Gasteiger partial charge on any atom is 0.364 e. The first-order valence-electron chi connectivity index (χ1n) is 15.9. The molecule has 0 saturated carbocycles. The van der Waals surface area contributed by atoms with Crippen molar-refractivity contribution in [2.75, 3.05) is 6.61 Å². The molecule has 3 heterocycles. The number of rotatable bonds is 12. The highest BCUT2D eigenvalue weighted by molar-refractivity contribution is 5.77. The van der Waals surface area contributed by atoms with Crippen molar-refractivity contribution < 1.29 is 83.4 Å². The second-order valence-corrected chi connectivity index (χ2v) is 12.7. The Labute approximate surface area is 286 Å². The molecule has 3 rings (SSSR count). The molecule has 4 amide bonds. The number of nitrogens with one attached hydrogen (secondary N) is 4. The van der Waals surface area contributed by atoms with E-state index in [0.717, 1.165) is 27.7 Å². The summed E-state index contributed by atoms with van der Waals surface area (Å²) >= 11 is 0. The number of aliphatic carboxylic acids is 1. The van der Waals surface area contributed by atoms with Crippen LogP contribution in [-0.4, -0.2) is 169 Å². The first-order valence-corrected chi connectivity index (χ1v) is 15.9. The largest absolute Gasteiger partial charge is 0.477 e. The molecule has 16 atom stereocenters. The summed E-state index contributed by atoms with van der Waals surface area (Å²) in [6, 6.07) is -5.93. The predicted octanol–water partition coefficient (Wildman–Crippen LogP) is -5.74. The standard InChI is InChI=1S/C29H48N4O17/c1-9(47-27-19(32-13(5)37)23(42)22(41)16(8-34)48-27)17(30-11(3)35)24-18(31-12(4)36)15(39)7-29(49-24,28(44)45)50-25-20(33-14(6)38)26(43)46-10(2)21(25)40/h9-10,15-27,34,39-43H,7-8H2,1-6H3,(H,30,35)(H,31,36)(H,32,37)(H,33,38)(H,44,45)/t9-,10-,15-,16+,17+,18-,19-,20-,21+,22?,23+,24-,25-,26?,27-,29+/m0/s1. The van der Waals surface area contributed by atoms with E-state index in [9.17, 15) is 59.7 Å². The Morgan fingerprint density at radius 2 is 1.38 bits per heavy atom. The third kappa shape index (κ3) is 9.41. The molecule has 0 aromatic heterocycles. The number of hydrogen-bond donors (Lipinski definition) is 11. The molecule has 286 valence electrons. The monoisotopic (exact) mass is 724 g/mol. The zero-order chi connectivity index (χ0) is 37.8. The predicted molar refractivity (Wildman–Crippen MR) is 162 cm³/mol. The van der Waals surface area contributed by atoms with Gasteiger partial charge in [-0.25, -0.2) is 4.79 Å². The molecule has 0 aromatic carbocycles. The second kappa shape index (κ2) is 17.0. The number of ether oxygens (including phenoxy) is 5.